The Kier molecular flexibility index (Phi) is 5.88. The first-order valence-corrected chi connectivity index (χ1v) is 5.89. The fourth-order valence-corrected chi connectivity index (χ4v) is 1.47. The van der Waals surface area contributed by atoms with Crippen molar-refractivity contribution in [2.45, 2.75) is 12.5 Å². The molecule has 1 rings (SSSR count). The lowest BCUT2D eigenvalue weighted by Crippen LogP contribution is -2.38. The topological polar surface area (TPSA) is 77.7 Å². The maximum Gasteiger partial charge on any atom is 0.271 e. The van der Waals surface area contributed by atoms with Crippen molar-refractivity contribution in [2.24, 2.45) is 0 Å². The molecule has 0 aromatic carbocycles. The van der Waals surface area contributed by atoms with Gasteiger partial charge in [0.2, 0.25) is 0 Å². The van der Waals surface area contributed by atoms with Crippen LogP contribution in [-0.4, -0.2) is 45.8 Å². The predicted molar refractivity (Wildman–Crippen MR) is 69.3 cm³/mol. The molecule has 4 N–H and O–H groups in total. The van der Waals surface area contributed by atoms with E-state index in [4.69, 9.17) is 11.2 Å². The Balaban J connectivity index is 2.54. The number of carbonyl (C=O) groups is 1. The standard InChI is InChI=1S/C12H20N4O2/c1-4-6-16-12(17)10(13-2)11(14-3)15-7-5-9-8-18-9/h1,9,13-15H,5-8H2,2-3H3,(H,16,17)/b11-10+. The third kappa shape index (κ3) is 4.55. The molecule has 6 nitrogen and oxygen atoms in total. The van der Waals surface area contributed by atoms with Crippen LogP contribution < -0.4 is 21.3 Å². The average molecular weight is 252 g/mol. The molecule has 1 unspecified atom stereocenters. The first kappa shape index (κ1) is 14.2. The molecular weight excluding hydrogens is 232 g/mol. The normalized spacial score (nSPS) is 18.2. The Morgan fingerprint density at radius 2 is 2.11 bits per heavy atom. The molecule has 0 aromatic heterocycles. The maximum atomic E-state index is 11.8. The van der Waals surface area contributed by atoms with Gasteiger partial charge in [-0.1, -0.05) is 5.92 Å². The van der Waals surface area contributed by atoms with Gasteiger partial charge in [0.1, 0.15) is 11.5 Å². The van der Waals surface area contributed by atoms with E-state index >= 15 is 0 Å². The van der Waals surface area contributed by atoms with E-state index in [1.807, 2.05) is 0 Å². The van der Waals surface area contributed by atoms with Gasteiger partial charge in [-0.3, -0.25) is 4.79 Å². The summed E-state index contributed by atoms with van der Waals surface area (Å²) in [6.07, 6.45) is 6.39. The van der Waals surface area contributed by atoms with Crippen LogP contribution in [0.4, 0.5) is 0 Å². The van der Waals surface area contributed by atoms with Crippen LogP contribution in [0.1, 0.15) is 6.42 Å². The lowest BCUT2D eigenvalue weighted by molar-refractivity contribution is -0.117. The summed E-state index contributed by atoms with van der Waals surface area (Å²) in [4.78, 5) is 11.8. The number of terminal acetylenes is 1. The highest BCUT2D eigenvalue weighted by Crippen LogP contribution is 2.12. The van der Waals surface area contributed by atoms with Gasteiger partial charge >= 0.3 is 0 Å². The number of nitrogens with one attached hydrogen (secondary N) is 4. The molecule has 1 saturated heterocycles. The van der Waals surface area contributed by atoms with Crippen LogP contribution in [0.15, 0.2) is 11.5 Å². The van der Waals surface area contributed by atoms with Gasteiger partial charge in [0.15, 0.2) is 0 Å². The van der Waals surface area contributed by atoms with E-state index in [9.17, 15) is 4.79 Å². The van der Waals surface area contributed by atoms with Gasteiger partial charge in [-0.15, -0.1) is 6.42 Å². The zero-order chi connectivity index (χ0) is 13.4. The zero-order valence-corrected chi connectivity index (χ0v) is 10.8. The highest BCUT2D eigenvalue weighted by atomic mass is 16.6. The summed E-state index contributed by atoms with van der Waals surface area (Å²) in [5, 5.41) is 11.6. The molecule has 0 aliphatic carbocycles. The summed E-state index contributed by atoms with van der Waals surface area (Å²) in [5.41, 5.74) is 0.435. The Bertz CT molecular complexity index is 356. The summed E-state index contributed by atoms with van der Waals surface area (Å²) < 4.78 is 5.12. The number of ether oxygens (including phenoxy) is 1. The Labute approximate surface area is 108 Å². The van der Waals surface area contributed by atoms with Crippen LogP contribution in [0.2, 0.25) is 0 Å². The van der Waals surface area contributed by atoms with Crippen LogP contribution in [0.25, 0.3) is 0 Å². The fraction of sp³-hybridized carbons (Fsp3) is 0.583. The molecule has 6 heteroatoms. The number of rotatable bonds is 8. The molecule has 1 aliphatic rings. The second-order valence-electron chi connectivity index (χ2n) is 3.81. The second kappa shape index (κ2) is 7.45. The molecule has 18 heavy (non-hydrogen) atoms. The van der Waals surface area contributed by atoms with Crippen molar-refractivity contribution in [2.75, 3.05) is 33.8 Å². The molecule has 0 saturated carbocycles. The summed E-state index contributed by atoms with van der Waals surface area (Å²) in [5.74, 6) is 2.77. The highest BCUT2D eigenvalue weighted by Gasteiger charge is 2.21. The van der Waals surface area contributed by atoms with Crippen molar-refractivity contribution >= 4 is 5.91 Å². The number of epoxide rings is 1. The lowest BCUT2D eigenvalue weighted by atomic mass is 10.3. The lowest BCUT2D eigenvalue weighted by Gasteiger charge is -2.15. The van der Waals surface area contributed by atoms with Gasteiger partial charge in [0.25, 0.3) is 5.91 Å². The van der Waals surface area contributed by atoms with Crippen LogP contribution in [0.5, 0.6) is 0 Å². The van der Waals surface area contributed by atoms with E-state index in [1.165, 1.54) is 0 Å². The molecule has 1 amide bonds. The Morgan fingerprint density at radius 3 is 2.61 bits per heavy atom. The molecular formula is C12H20N4O2. The van der Waals surface area contributed by atoms with Crippen molar-refractivity contribution in [3.05, 3.63) is 11.5 Å². The SMILES string of the molecule is C#CCNC(=O)/C(NC)=C(/NC)NCCC1CO1. The summed E-state index contributed by atoms with van der Waals surface area (Å²) in [6, 6.07) is 0. The number of carbonyl (C=O) groups excluding carboxylic acids is 1. The molecule has 0 spiro atoms. The van der Waals surface area contributed by atoms with Gasteiger partial charge in [0.05, 0.1) is 19.3 Å². The molecule has 1 fully saturated rings. The van der Waals surface area contributed by atoms with Crippen molar-refractivity contribution in [1.82, 2.24) is 21.3 Å². The first-order chi connectivity index (χ1) is 8.72. The Hall–Kier alpha value is -1.87. The van der Waals surface area contributed by atoms with Crippen molar-refractivity contribution in [1.29, 1.82) is 0 Å². The van der Waals surface area contributed by atoms with Crippen molar-refractivity contribution < 1.29 is 9.53 Å². The fourth-order valence-electron chi connectivity index (χ4n) is 1.47. The zero-order valence-electron chi connectivity index (χ0n) is 10.8. The summed E-state index contributed by atoms with van der Waals surface area (Å²) in [7, 11) is 3.44. The summed E-state index contributed by atoms with van der Waals surface area (Å²) in [6.45, 7) is 1.78. The second-order valence-corrected chi connectivity index (χ2v) is 3.81. The van der Waals surface area contributed by atoms with Crippen LogP contribution in [0.3, 0.4) is 0 Å². The predicted octanol–water partition coefficient (Wildman–Crippen LogP) is -1.28. The molecule has 0 radical (unpaired) electrons. The molecule has 100 valence electrons. The Morgan fingerprint density at radius 1 is 1.39 bits per heavy atom. The maximum absolute atomic E-state index is 11.8. The molecule has 1 heterocycles. The minimum absolute atomic E-state index is 0.205. The molecule has 1 atom stereocenters. The minimum Gasteiger partial charge on any atom is -0.381 e. The quantitative estimate of drug-likeness (QED) is 0.246. The van der Waals surface area contributed by atoms with E-state index in [-0.39, 0.29) is 12.5 Å². The average Bonchev–Trinajstić information content (AvgIpc) is 3.19. The van der Waals surface area contributed by atoms with Gasteiger partial charge in [0, 0.05) is 20.6 Å². The monoisotopic (exact) mass is 252 g/mol. The van der Waals surface area contributed by atoms with Gasteiger partial charge in [-0.25, -0.2) is 0 Å². The number of hydrogen-bond donors (Lipinski definition) is 4. The number of hydrogen-bond acceptors (Lipinski definition) is 5. The van der Waals surface area contributed by atoms with Crippen molar-refractivity contribution in [3.8, 4) is 12.3 Å². The smallest absolute Gasteiger partial charge is 0.271 e. The third-order valence-corrected chi connectivity index (χ3v) is 2.50. The van der Waals surface area contributed by atoms with Crippen LogP contribution in [0, 0.1) is 12.3 Å². The number of likely N-dealkylation sites (N-methyl/N-ethyl adjacent to an activating group) is 1. The van der Waals surface area contributed by atoms with Crippen molar-refractivity contribution in [3.63, 3.8) is 0 Å². The third-order valence-electron chi connectivity index (χ3n) is 2.50. The van der Waals surface area contributed by atoms with E-state index in [0.717, 1.165) is 19.6 Å². The molecule has 1 aliphatic heterocycles. The minimum atomic E-state index is -0.241. The van der Waals surface area contributed by atoms with E-state index in [2.05, 4.69) is 27.2 Å². The molecule has 0 bridgehead atoms. The largest absolute Gasteiger partial charge is 0.381 e. The number of amides is 1. The van der Waals surface area contributed by atoms with E-state index in [1.54, 1.807) is 14.1 Å². The first-order valence-electron chi connectivity index (χ1n) is 5.89. The highest BCUT2D eigenvalue weighted by molar-refractivity contribution is 5.93. The summed E-state index contributed by atoms with van der Waals surface area (Å²) >= 11 is 0. The van der Waals surface area contributed by atoms with Gasteiger partial charge in [-0.2, -0.15) is 0 Å². The van der Waals surface area contributed by atoms with Crippen LogP contribution >= 0.6 is 0 Å². The van der Waals surface area contributed by atoms with E-state index in [0.29, 0.717) is 17.6 Å². The van der Waals surface area contributed by atoms with Crippen LogP contribution in [-0.2, 0) is 9.53 Å². The van der Waals surface area contributed by atoms with Gasteiger partial charge in [-0.05, 0) is 6.42 Å². The molecule has 0 aromatic rings. The van der Waals surface area contributed by atoms with Gasteiger partial charge < -0.3 is 26.0 Å². The van der Waals surface area contributed by atoms with E-state index < -0.39 is 0 Å².